The molecule has 1 heterocycles. The van der Waals surface area contributed by atoms with Crippen LogP contribution < -0.4 is 14.8 Å². The number of anilines is 1. The van der Waals surface area contributed by atoms with Crippen LogP contribution in [0.2, 0.25) is 0 Å². The van der Waals surface area contributed by atoms with Gasteiger partial charge in [-0.25, -0.2) is 0 Å². The molecule has 160 valence electrons. The molecule has 0 bridgehead atoms. The molecule has 0 spiro atoms. The summed E-state index contributed by atoms with van der Waals surface area (Å²) < 4.78 is 11.4. The summed E-state index contributed by atoms with van der Waals surface area (Å²) in [5.74, 6) is 1.46. The van der Waals surface area contributed by atoms with E-state index in [0.717, 1.165) is 54.2 Å². The summed E-state index contributed by atoms with van der Waals surface area (Å²) in [5, 5.41) is 2.97. The van der Waals surface area contributed by atoms with Crippen LogP contribution in [0.1, 0.15) is 23.2 Å². The van der Waals surface area contributed by atoms with E-state index in [4.69, 9.17) is 9.47 Å². The standard InChI is InChI=1S/C26H28N2O3/c1-28-15-13-24(14-16-28)31-25-8-4-6-21(18-25)20-5-3-7-22(17-20)27-26(29)19-9-11-23(30-2)12-10-19/h3-12,17-18,24H,13-16H2,1-2H3,(H,27,29). The van der Waals surface area contributed by atoms with Gasteiger partial charge in [0, 0.05) is 24.3 Å². The van der Waals surface area contributed by atoms with E-state index in [0.29, 0.717) is 5.56 Å². The summed E-state index contributed by atoms with van der Waals surface area (Å²) in [7, 11) is 3.76. The lowest BCUT2D eigenvalue weighted by atomic mass is 10.0. The van der Waals surface area contributed by atoms with Crippen LogP contribution in [0.5, 0.6) is 11.5 Å². The number of amides is 1. The molecule has 1 aliphatic heterocycles. The molecule has 0 radical (unpaired) electrons. The number of carbonyl (C=O) groups is 1. The fourth-order valence-corrected chi connectivity index (χ4v) is 3.77. The first-order valence-electron chi connectivity index (χ1n) is 10.6. The van der Waals surface area contributed by atoms with Crippen LogP contribution in [0, 0.1) is 0 Å². The first-order chi connectivity index (χ1) is 15.1. The van der Waals surface area contributed by atoms with Crippen molar-refractivity contribution >= 4 is 11.6 Å². The molecular formula is C26H28N2O3. The van der Waals surface area contributed by atoms with Crippen molar-refractivity contribution in [1.29, 1.82) is 0 Å². The van der Waals surface area contributed by atoms with E-state index >= 15 is 0 Å². The van der Waals surface area contributed by atoms with Crippen molar-refractivity contribution in [2.24, 2.45) is 0 Å². The number of nitrogens with zero attached hydrogens (tertiary/aromatic N) is 1. The summed E-state index contributed by atoms with van der Waals surface area (Å²) in [6.45, 7) is 2.14. The fourth-order valence-electron chi connectivity index (χ4n) is 3.77. The first kappa shape index (κ1) is 20.9. The normalized spacial score (nSPS) is 14.8. The van der Waals surface area contributed by atoms with Crippen molar-refractivity contribution in [2.75, 3.05) is 32.6 Å². The van der Waals surface area contributed by atoms with Crippen molar-refractivity contribution in [1.82, 2.24) is 4.90 Å². The Morgan fingerprint density at radius 3 is 2.29 bits per heavy atom. The molecule has 5 nitrogen and oxygen atoms in total. The van der Waals surface area contributed by atoms with E-state index < -0.39 is 0 Å². The third kappa shape index (κ3) is 5.44. The molecule has 0 saturated carbocycles. The molecule has 1 amide bonds. The number of nitrogens with one attached hydrogen (secondary N) is 1. The van der Waals surface area contributed by atoms with Gasteiger partial charge in [-0.1, -0.05) is 24.3 Å². The van der Waals surface area contributed by atoms with Gasteiger partial charge in [0.05, 0.1) is 7.11 Å². The Labute approximate surface area is 183 Å². The zero-order valence-corrected chi connectivity index (χ0v) is 18.0. The third-order valence-corrected chi connectivity index (χ3v) is 5.61. The lowest BCUT2D eigenvalue weighted by Crippen LogP contribution is -2.35. The lowest BCUT2D eigenvalue weighted by molar-refractivity contribution is 0.102. The van der Waals surface area contributed by atoms with E-state index in [1.54, 1.807) is 31.4 Å². The number of ether oxygens (including phenoxy) is 2. The number of carbonyl (C=O) groups excluding carboxylic acids is 1. The van der Waals surface area contributed by atoms with Crippen LogP contribution in [0.3, 0.4) is 0 Å². The number of likely N-dealkylation sites (tertiary alicyclic amines) is 1. The van der Waals surface area contributed by atoms with Gasteiger partial charge in [0.25, 0.3) is 5.91 Å². The second kappa shape index (κ2) is 9.67. The maximum atomic E-state index is 12.6. The Kier molecular flexibility index (Phi) is 6.53. The molecule has 3 aromatic carbocycles. The quantitative estimate of drug-likeness (QED) is 0.608. The van der Waals surface area contributed by atoms with Crippen molar-refractivity contribution in [3.05, 3.63) is 78.4 Å². The molecule has 0 aliphatic carbocycles. The van der Waals surface area contributed by atoms with E-state index in [1.807, 2.05) is 36.4 Å². The Morgan fingerprint density at radius 2 is 1.58 bits per heavy atom. The molecule has 0 unspecified atom stereocenters. The SMILES string of the molecule is COc1ccc(C(=O)Nc2cccc(-c3cccc(OC4CCN(C)CC4)c3)c2)cc1. The van der Waals surface area contributed by atoms with Crippen LogP contribution in [-0.2, 0) is 0 Å². The van der Waals surface area contributed by atoms with Crippen molar-refractivity contribution in [3.8, 4) is 22.6 Å². The Morgan fingerprint density at radius 1 is 0.903 bits per heavy atom. The second-order valence-corrected chi connectivity index (χ2v) is 7.91. The Bertz CT molecular complexity index is 1020. The minimum atomic E-state index is -0.154. The van der Waals surface area contributed by atoms with Gasteiger partial charge in [0.1, 0.15) is 17.6 Å². The average molecular weight is 417 g/mol. The molecule has 4 rings (SSSR count). The summed E-state index contributed by atoms with van der Waals surface area (Å²) in [4.78, 5) is 14.9. The smallest absolute Gasteiger partial charge is 0.255 e. The molecule has 1 N–H and O–H groups in total. The average Bonchev–Trinajstić information content (AvgIpc) is 2.81. The topological polar surface area (TPSA) is 50.8 Å². The minimum Gasteiger partial charge on any atom is -0.497 e. The highest BCUT2D eigenvalue weighted by molar-refractivity contribution is 6.04. The number of hydrogen-bond donors (Lipinski definition) is 1. The summed E-state index contributed by atoms with van der Waals surface area (Å²) in [6, 6.07) is 23.1. The van der Waals surface area contributed by atoms with Gasteiger partial charge in [0.15, 0.2) is 0 Å². The van der Waals surface area contributed by atoms with Crippen LogP contribution >= 0.6 is 0 Å². The van der Waals surface area contributed by atoms with Crippen LogP contribution in [0.4, 0.5) is 5.69 Å². The predicted octanol–water partition coefficient (Wildman–Crippen LogP) is 5.09. The highest BCUT2D eigenvalue weighted by Crippen LogP contribution is 2.28. The van der Waals surface area contributed by atoms with Crippen LogP contribution in [-0.4, -0.2) is 44.2 Å². The van der Waals surface area contributed by atoms with Gasteiger partial charge >= 0.3 is 0 Å². The van der Waals surface area contributed by atoms with Gasteiger partial charge < -0.3 is 19.7 Å². The molecule has 1 fully saturated rings. The van der Waals surface area contributed by atoms with Gasteiger partial charge in [-0.3, -0.25) is 4.79 Å². The van der Waals surface area contributed by atoms with E-state index in [9.17, 15) is 4.79 Å². The van der Waals surface area contributed by atoms with Crippen molar-refractivity contribution in [2.45, 2.75) is 18.9 Å². The molecule has 5 heteroatoms. The number of rotatable bonds is 6. The minimum absolute atomic E-state index is 0.154. The maximum absolute atomic E-state index is 12.6. The molecule has 0 atom stereocenters. The van der Waals surface area contributed by atoms with Crippen LogP contribution in [0.25, 0.3) is 11.1 Å². The fraction of sp³-hybridized carbons (Fsp3) is 0.269. The number of hydrogen-bond acceptors (Lipinski definition) is 4. The monoisotopic (exact) mass is 416 g/mol. The zero-order chi connectivity index (χ0) is 21.6. The van der Waals surface area contributed by atoms with Crippen molar-refractivity contribution < 1.29 is 14.3 Å². The van der Waals surface area contributed by atoms with Gasteiger partial charge in [-0.2, -0.15) is 0 Å². The molecule has 1 saturated heterocycles. The lowest BCUT2D eigenvalue weighted by Gasteiger charge is -2.29. The number of methoxy groups -OCH3 is 1. The third-order valence-electron chi connectivity index (χ3n) is 5.61. The zero-order valence-electron chi connectivity index (χ0n) is 18.0. The number of piperidine rings is 1. The largest absolute Gasteiger partial charge is 0.497 e. The van der Waals surface area contributed by atoms with Gasteiger partial charge in [-0.05, 0) is 79.5 Å². The molecular weight excluding hydrogens is 388 g/mol. The number of benzene rings is 3. The van der Waals surface area contributed by atoms with Gasteiger partial charge in [0.2, 0.25) is 0 Å². The predicted molar refractivity (Wildman–Crippen MR) is 124 cm³/mol. The highest BCUT2D eigenvalue weighted by atomic mass is 16.5. The maximum Gasteiger partial charge on any atom is 0.255 e. The molecule has 31 heavy (non-hydrogen) atoms. The highest BCUT2D eigenvalue weighted by Gasteiger charge is 2.18. The summed E-state index contributed by atoms with van der Waals surface area (Å²) in [5.41, 5.74) is 3.42. The Hall–Kier alpha value is -3.31. The molecule has 1 aliphatic rings. The molecule has 0 aromatic heterocycles. The van der Waals surface area contributed by atoms with E-state index in [2.05, 4.69) is 29.4 Å². The molecule has 3 aromatic rings. The van der Waals surface area contributed by atoms with Crippen molar-refractivity contribution in [3.63, 3.8) is 0 Å². The van der Waals surface area contributed by atoms with E-state index in [1.165, 1.54) is 0 Å². The summed E-state index contributed by atoms with van der Waals surface area (Å²) >= 11 is 0. The van der Waals surface area contributed by atoms with E-state index in [-0.39, 0.29) is 12.0 Å². The summed E-state index contributed by atoms with van der Waals surface area (Å²) in [6.07, 6.45) is 2.36. The second-order valence-electron chi connectivity index (χ2n) is 7.91. The van der Waals surface area contributed by atoms with Gasteiger partial charge in [-0.15, -0.1) is 0 Å². The Balaban J connectivity index is 1.45. The van der Waals surface area contributed by atoms with Crippen LogP contribution in [0.15, 0.2) is 72.8 Å². The first-order valence-corrected chi connectivity index (χ1v) is 10.6.